The molecule has 0 aliphatic heterocycles. The molecular weight excluding hydrogens is 394 g/mol. The predicted molar refractivity (Wildman–Crippen MR) is 94.9 cm³/mol. The molecule has 128 valence electrons. The number of aryl methyl sites for hydroxylation is 1. The summed E-state index contributed by atoms with van der Waals surface area (Å²) in [7, 11) is -3.77. The number of sulfonamides is 1. The molecule has 0 fully saturated rings. The summed E-state index contributed by atoms with van der Waals surface area (Å²) >= 11 is 3.34. The maximum Gasteiger partial charge on any atom is 0.324 e. The van der Waals surface area contributed by atoms with E-state index in [1.807, 2.05) is 31.2 Å². The van der Waals surface area contributed by atoms with E-state index in [2.05, 4.69) is 20.7 Å². The number of esters is 1. The molecule has 0 unspecified atom stereocenters. The topological polar surface area (TPSA) is 72.5 Å². The first kappa shape index (κ1) is 18.6. The average molecular weight is 412 g/mol. The summed E-state index contributed by atoms with van der Waals surface area (Å²) in [6, 6.07) is 12.8. The summed E-state index contributed by atoms with van der Waals surface area (Å²) in [5.74, 6) is -0.634. The normalized spacial score (nSPS) is 12.6. The van der Waals surface area contributed by atoms with Crippen molar-refractivity contribution in [3.8, 4) is 0 Å². The molecule has 0 aliphatic carbocycles. The van der Waals surface area contributed by atoms with Gasteiger partial charge in [0, 0.05) is 4.47 Å². The third-order valence-electron chi connectivity index (χ3n) is 3.29. The van der Waals surface area contributed by atoms with Crippen LogP contribution in [0.1, 0.15) is 18.1 Å². The first-order valence-corrected chi connectivity index (χ1v) is 9.55. The van der Waals surface area contributed by atoms with Gasteiger partial charge in [-0.15, -0.1) is 0 Å². The minimum Gasteiger partial charge on any atom is -0.460 e. The number of hydrogen-bond donors (Lipinski definition) is 1. The van der Waals surface area contributed by atoms with Crippen LogP contribution in [-0.4, -0.2) is 20.4 Å². The summed E-state index contributed by atoms with van der Waals surface area (Å²) in [5, 5.41) is 0. The fourth-order valence-electron chi connectivity index (χ4n) is 1.97. The van der Waals surface area contributed by atoms with Crippen molar-refractivity contribution in [2.75, 3.05) is 0 Å². The number of nitrogens with one attached hydrogen (secondary N) is 1. The Morgan fingerprint density at radius 1 is 1.21 bits per heavy atom. The highest BCUT2D eigenvalue weighted by atomic mass is 79.9. The van der Waals surface area contributed by atoms with E-state index in [0.29, 0.717) is 0 Å². The highest BCUT2D eigenvalue weighted by Crippen LogP contribution is 2.13. The minimum atomic E-state index is -3.77. The number of halogens is 1. The van der Waals surface area contributed by atoms with Gasteiger partial charge in [-0.25, -0.2) is 8.42 Å². The summed E-state index contributed by atoms with van der Waals surface area (Å²) in [6.45, 7) is 3.40. The molecule has 0 radical (unpaired) electrons. The molecule has 0 spiro atoms. The smallest absolute Gasteiger partial charge is 0.324 e. The highest BCUT2D eigenvalue weighted by Gasteiger charge is 2.23. The molecule has 0 saturated heterocycles. The zero-order valence-electron chi connectivity index (χ0n) is 13.3. The third kappa shape index (κ3) is 5.15. The van der Waals surface area contributed by atoms with Crippen LogP contribution >= 0.6 is 15.9 Å². The fourth-order valence-corrected chi connectivity index (χ4v) is 3.61. The molecule has 2 rings (SSSR count). The van der Waals surface area contributed by atoms with E-state index in [4.69, 9.17) is 4.74 Å². The molecule has 0 amide bonds. The highest BCUT2D eigenvalue weighted by molar-refractivity contribution is 9.10. The van der Waals surface area contributed by atoms with Crippen LogP contribution in [0, 0.1) is 6.92 Å². The Kier molecular flexibility index (Phi) is 6.15. The molecule has 2 aromatic rings. The molecule has 1 atom stereocenters. The summed E-state index contributed by atoms with van der Waals surface area (Å²) < 4.78 is 32.9. The van der Waals surface area contributed by atoms with E-state index in [9.17, 15) is 13.2 Å². The van der Waals surface area contributed by atoms with Gasteiger partial charge in [-0.05, 0) is 43.7 Å². The van der Waals surface area contributed by atoms with E-state index < -0.39 is 22.0 Å². The molecule has 1 N–H and O–H groups in total. The number of benzene rings is 2. The molecule has 0 saturated carbocycles. The van der Waals surface area contributed by atoms with Gasteiger partial charge in [-0.1, -0.05) is 45.8 Å². The Labute approximate surface area is 150 Å². The van der Waals surface area contributed by atoms with Crippen LogP contribution in [0.15, 0.2) is 57.9 Å². The summed E-state index contributed by atoms with van der Waals surface area (Å²) in [6.07, 6.45) is 0. The lowest BCUT2D eigenvalue weighted by Gasteiger charge is -2.14. The van der Waals surface area contributed by atoms with Crippen molar-refractivity contribution in [3.05, 3.63) is 64.1 Å². The molecular formula is C17H18BrNO4S. The predicted octanol–water partition coefficient (Wildman–Crippen LogP) is 3.17. The zero-order valence-corrected chi connectivity index (χ0v) is 15.7. The Balaban J connectivity index is 1.96. The van der Waals surface area contributed by atoms with E-state index in [-0.39, 0.29) is 11.5 Å². The SMILES string of the molecule is Cc1ccc(S(=O)(=O)N[C@@H](C)C(=O)OCc2cccc(Br)c2)cc1. The minimum absolute atomic E-state index is 0.0782. The maximum atomic E-state index is 12.3. The van der Waals surface area contributed by atoms with Crippen LogP contribution in [0.25, 0.3) is 0 Å². The Hall–Kier alpha value is -1.70. The Morgan fingerprint density at radius 3 is 2.50 bits per heavy atom. The van der Waals surface area contributed by atoms with Crippen molar-refractivity contribution < 1.29 is 17.9 Å². The molecule has 2 aromatic carbocycles. The van der Waals surface area contributed by atoms with Gasteiger partial charge in [-0.2, -0.15) is 4.72 Å². The van der Waals surface area contributed by atoms with Crippen molar-refractivity contribution in [3.63, 3.8) is 0 Å². The van der Waals surface area contributed by atoms with Crippen molar-refractivity contribution in [2.24, 2.45) is 0 Å². The molecule has 7 heteroatoms. The molecule has 5 nitrogen and oxygen atoms in total. The second-order valence-electron chi connectivity index (χ2n) is 5.39. The largest absolute Gasteiger partial charge is 0.460 e. The van der Waals surface area contributed by atoms with E-state index in [1.165, 1.54) is 19.1 Å². The van der Waals surface area contributed by atoms with Crippen LogP contribution in [0.4, 0.5) is 0 Å². The van der Waals surface area contributed by atoms with Gasteiger partial charge in [0.2, 0.25) is 10.0 Å². The lowest BCUT2D eigenvalue weighted by Crippen LogP contribution is -2.39. The van der Waals surface area contributed by atoms with Gasteiger partial charge in [0.15, 0.2) is 0 Å². The Bertz CT molecular complexity index is 819. The Morgan fingerprint density at radius 2 is 1.88 bits per heavy atom. The quantitative estimate of drug-likeness (QED) is 0.740. The summed E-state index contributed by atoms with van der Waals surface area (Å²) in [5.41, 5.74) is 1.77. The number of carbonyl (C=O) groups is 1. The average Bonchev–Trinajstić information content (AvgIpc) is 2.52. The van der Waals surface area contributed by atoms with Gasteiger partial charge in [-0.3, -0.25) is 4.79 Å². The molecule has 0 heterocycles. The van der Waals surface area contributed by atoms with Gasteiger partial charge in [0.1, 0.15) is 12.6 Å². The number of carbonyl (C=O) groups excluding carboxylic acids is 1. The van der Waals surface area contributed by atoms with Gasteiger partial charge in [0.05, 0.1) is 4.90 Å². The number of ether oxygens (including phenoxy) is 1. The molecule has 0 aliphatic rings. The van der Waals surface area contributed by atoms with Crippen LogP contribution < -0.4 is 4.72 Å². The summed E-state index contributed by atoms with van der Waals surface area (Å²) in [4.78, 5) is 12.1. The van der Waals surface area contributed by atoms with Gasteiger partial charge >= 0.3 is 5.97 Å². The van der Waals surface area contributed by atoms with E-state index in [1.54, 1.807) is 12.1 Å². The van der Waals surface area contributed by atoms with Gasteiger partial charge in [0.25, 0.3) is 0 Å². The maximum absolute atomic E-state index is 12.3. The molecule has 24 heavy (non-hydrogen) atoms. The second-order valence-corrected chi connectivity index (χ2v) is 8.02. The van der Waals surface area contributed by atoms with Crippen molar-refractivity contribution in [1.29, 1.82) is 0 Å². The fraction of sp³-hybridized carbons (Fsp3) is 0.235. The molecule has 0 aromatic heterocycles. The van der Waals surface area contributed by atoms with Crippen LogP contribution in [0.3, 0.4) is 0 Å². The second kappa shape index (κ2) is 7.92. The van der Waals surface area contributed by atoms with Crippen LogP contribution in [-0.2, 0) is 26.2 Å². The lowest BCUT2D eigenvalue weighted by molar-refractivity contribution is -0.146. The lowest BCUT2D eigenvalue weighted by atomic mass is 10.2. The van der Waals surface area contributed by atoms with Crippen LogP contribution in [0.5, 0.6) is 0 Å². The first-order chi connectivity index (χ1) is 11.3. The third-order valence-corrected chi connectivity index (χ3v) is 5.34. The standard InChI is InChI=1S/C17H18BrNO4S/c1-12-6-8-16(9-7-12)24(21,22)19-13(2)17(20)23-11-14-4-3-5-15(18)10-14/h3-10,13,19H,11H2,1-2H3/t13-/m0/s1. The monoisotopic (exact) mass is 411 g/mol. The van der Waals surface area contributed by atoms with Crippen molar-refractivity contribution in [1.82, 2.24) is 4.72 Å². The number of rotatable bonds is 6. The van der Waals surface area contributed by atoms with Gasteiger partial charge < -0.3 is 4.74 Å². The zero-order chi connectivity index (χ0) is 17.7. The van der Waals surface area contributed by atoms with E-state index in [0.717, 1.165) is 15.6 Å². The van der Waals surface area contributed by atoms with E-state index >= 15 is 0 Å². The molecule has 0 bridgehead atoms. The van der Waals surface area contributed by atoms with Crippen molar-refractivity contribution >= 4 is 31.9 Å². The van der Waals surface area contributed by atoms with Crippen LogP contribution in [0.2, 0.25) is 0 Å². The first-order valence-electron chi connectivity index (χ1n) is 7.28. The number of hydrogen-bond acceptors (Lipinski definition) is 4. The van der Waals surface area contributed by atoms with Crippen molar-refractivity contribution in [2.45, 2.75) is 31.4 Å².